The third-order valence-electron chi connectivity index (χ3n) is 2.45. The summed E-state index contributed by atoms with van der Waals surface area (Å²) in [6.07, 6.45) is 2.07. The van der Waals surface area contributed by atoms with Gasteiger partial charge in [-0.25, -0.2) is 0 Å². The van der Waals surface area contributed by atoms with Crippen molar-refractivity contribution in [1.29, 1.82) is 5.26 Å². The van der Waals surface area contributed by atoms with Crippen molar-refractivity contribution in [3.63, 3.8) is 0 Å². The lowest BCUT2D eigenvalue weighted by atomic mass is 10.1. The van der Waals surface area contributed by atoms with E-state index in [1.54, 1.807) is 12.1 Å². The van der Waals surface area contributed by atoms with Crippen molar-refractivity contribution in [2.75, 3.05) is 6.54 Å². The summed E-state index contributed by atoms with van der Waals surface area (Å²) in [5.74, 6) is 0. The van der Waals surface area contributed by atoms with Gasteiger partial charge in [0.1, 0.15) is 6.04 Å². The van der Waals surface area contributed by atoms with Crippen molar-refractivity contribution in [2.45, 2.75) is 25.8 Å². The Morgan fingerprint density at radius 1 is 1.47 bits per heavy atom. The fourth-order valence-electron chi connectivity index (χ4n) is 1.45. The van der Waals surface area contributed by atoms with Gasteiger partial charge in [0.15, 0.2) is 0 Å². The summed E-state index contributed by atoms with van der Waals surface area (Å²) in [6.45, 7) is 2.85. The van der Waals surface area contributed by atoms with E-state index < -0.39 is 11.0 Å². The Morgan fingerprint density at radius 3 is 2.59 bits per heavy atom. The number of unbranched alkanes of at least 4 members (excludes halogenated alkanes) is 1. The van der Waals surface area contributed by atoms with Gasteiger partial charge in [-0.05, 0) is 30.7 Å². The molecule has 90 valence electrons. The van der Waals surface area contributed by atoms with Crippen molar-refractivity contribution in [3.05, 3.63) is 39.9 Å². The molecule has 0 aromatic heterocycles. The first-order valence-corrected chi connectivity index (χ1v) is 5.56. The lowest BCUT2D eigenvalue weighted by molar-refractivity contribution is -0.384. The van der Waals surface area contributed by atoms with E-state index in [0.29, 0.717) is 0 Å². The highest BCUT2D eigenvalue weighted by Gasteiger charge is 2.11. The first-order chi connectivity index (χ1) is 8.19. The van der Waals surface area contributed by atoms with E-state index in [9.17, 15) is 10.1 Å². The molecule has 1 atom stereocenters. The summed E-state index contributed by atoms with van der Waals surface area (Å²) in [5.41, 5.74) is 0.799. The average Bonchev–Trinajstić information content (AvgIpc) is 2.35. The van der Waals surface area contributed by atoms with E-state index in [1.165, 1.54) is 12.1 Å². The molecular formula is C12H15N3O2. The van der Waals surface area contributed by atoms with Crippen molar-refractivity contribution in [1.82, 2.24) is 5.32 Å². The minimum absolute atomic E-state index is 0.0407. The summed E-state index contributed by atoms with van der Waals surface area (Å²) in [4.78, 5) is 10.0. The van der Waals surface area contributed by atoms with Crippen LogP contribution in [-0.4, -0.2) is 11.5 Å². The normalized spacial score (nSPS) is 11.8. The Hall–Kier alpha value is -1.93. The largest absolute Gasteiger partial charge is 0.298 e. The quantitative estimate of drug-likeness (QED) is 0.465. The zero-order valence-corrected chi connectivity index (χ0v) is 9.72. The van der Waals surface area contributed by atoms with Gasteiger partial charge in [-0.15, -0.1) is 0 Å². The van der Waals surface area contributed by atoms with Gasteiger partial charge in [0.2, 0.25) is 0 Å². The van der Waals surface area contributed by atoms with Gasteiger partial charge >= 0.3 is 0 Å². The highest BCUT2D eigenvalue weighted by Crippen LogP contribution is 2.17. The van der Waals surface area contributed by atoms with Gasteiger partial charge in [0, 0.05) is 12.1 Å². The van der Waals surface area contributed by atoms with Gasteiger partial charge < -0.3 is 0 Å². The number of nitriles is 1. The summed E-state index contributed by atoms with van der Waals surface area (Å²) in [5, 5.41) is 22.6. The van der Waals surface area contributed by atoms with Crippen LogP contribution in [0.3, 0.4) is 0 Å². The van der Waals surface area contributed by atoms with E-state index in [4.69, 9.17) is 5.26 Å². The molecule has 1 aromatic rings. The Kier molecular flexibility index (Phi) is 5.11. The van der Waals surface area contributed by atoms with Crippen LogP contribution in [-0.2, 0) is 0 Å². The maximum absolute atomic E-state index is 10.5. The molecule has 0 amide bonds. The zero-order valence-electron chi connectivity index (χ0n) is 9.72. The second kappa shape index (κ2) is 6.61. The lowest BCUT2D eigenvalue weighted by Gasteiger charge is -2.10. The highest BCUT2D eigenvalue weighted by atomic mass is 16.6. The molecule has 5 nitrogen and oxygen atoms in total. The van der Waals surface area contributed by atoms with Crippen molar-refractivity contribution in [2.24, 2.45) is 0 Å². The van der Waals surface area contributed by atoms with Crippen LogP contribution < -0.4 is 5.32 Å². The van der Waals surface area contributed by atoms with Crippen LogP contribution in [0.15, 0.2) is 24.3 Å². The molecule has 0 aliphatic rings. The third-order valence-corrected chi connectivity index (χ3v) is 2.45. The number of nitro benzene ring substituents is 1. The molecule has 5 heteroatoms. The monoisotopic (exact) mass is 233 g/mol. The number of hydrogen-bond acceptors (Lipinski definition) is 4. The molecule has 0 radical (unpaired) electrons. The van der Waals surface area contributed by atoms with Crippen LogP contribution in [0.25, 0.3) is 0 Å². The van der Waals surface area contributed by atoms with Gasteiger partial charge in [-0.2, -0.15) is 5.26 Å². The molecule has 0 aliphatic heterocycles. The molecule has 0 heterocycles. The van der Waals surface area contributed by atoms with E-state index in [1.807, 2.05) is 0 Å². The number of hydrogen-bond donors (Lipinski definition) is 1. The molecule has 1 aromatic carbocycles. The van der Waals surface area contributed by atoms with Crippen LogP contribution in [0.4, 0.5) is 5.69 Å². The average molecular weight is 233 g/mol. The first-order valence-electron chi connectivity index (χ1n) is 5.56. The predicted octanol–water partition coefficient (Wildman–Crippen LogP) is 2.55. The standard InChI is InChI=1S/C12H15N3O2/c1-2-3-8-14-12(9-13)10-4-6-11(7-5-10)15(16)17/h4-7,12,14H,2-3,8H2,1H3. The summed E-state index contributed by atoms with van der Waals surface area (Å²) in [6, 6.07) is 7.81. The summed E-state index contributed by atoms with van der Waals surface area (Å²) >= 11 is 0. The zero-order chi connectivity index (χ0) is 12.7. The molecular weight excluding hydrogens is 218 g/mol. The molecule has 0 spiro atoms. The Bertz CT molecular complexity index is 409. The van der Waals surface area contributed by atoms with Crippen molar-refractivity contribution in [3.8, 4) is 6.07 Å². The lowest BCUT2D eigenvalue weighted by Crippen LogP contribution is -2.20. The Labute approximate surface area is 100 Å². The van der Waals surface area contributed by atoms with E-state index in [2.05, 4.69) is 18.3 Å². The van der Waals surface area contributed by atoms with Crippen LogP contribution in [0.2, 0.25) is 0 Å². The minimum Gasteiger partial charge on any atom is -0.298 e. The molecule has 0 saturated carbocycles. The molecule has 17 heavy (non-hydrogen) atoms. The molecule has 0 bridgehead atoms. The van der Waals surface area contributed by atoms with Crippen molar-refractivity contribution >= 4 is 5.69 Å². The molecule has 0 saturated heterocycles. The van der Waals surface area contributed by atoms with Crippen molar-refractivity contribution < 1.29 is 4.92 Å². The Balaban J connectivity index is 2.69. The molecule has 1 unspecified atom stereocenters. The fraction of sp³-hybridized carbons (Fsp3) is 0.417. The topological polar surface area (TPSA) is 79.0 Å². The molecule has 0 fully saturated rings. The van der Waals surface area contributed by atoms with Gasteiger partial charge in [0.05, 0.1) is 11.0 Å². The first kappa shape index (κ1) is 13.1. The SMILES string of the molecule is CCCCNC(C#N)c1ccc([N+](=O)[O-])cc1. The number of nitrogens with zero attached hydrogens (tertiary/aromatic N) is 2. The second-order valence-electron chi connectivity index (χ2n) is 3.72. The maximum Gasteiger partial charge on any atom is 0.269 e. The highest BCUT2D eigenvalue weighted by molar-refractivity contribution is 5.35. The van der Waals surface area contributed by atoms with Crippen LogP contribution in [0, 0.1) is 21.4 Å². The van der Waals surface area contributed by atoms with Crippen LogP contribution in [0.1, 0.15) is 31.4 Å². The fourth-order valence-corrected chi connectivity index (χ4v) is 1.45. The van der Waals surface area contributed by atoms with Gasteiger partial charge in [-0.1, -0.05) is 13.3 Å². The van der Waals surface area contributed by atoms with Crippen LogP contribution in [0.5, 0.6) is 0 Å². The number of rotatable bonds is 6. The summed E-state index contributed by atoms with van der Waals surface area (Å²) in [7, 11) is 0. The van der Waals surface area contributed by atoms with E-state index in [-0.39, 0.29) is 5.69 Å². The van der Waals surface area contributed by atoms with Crippen LogP contribution >= 0.6 is 0 Å². The molecule has 1 N–H and O–H groups in total. The third kappa shape index (κ3) is 3.85. The number of non-ortho nitro benzene ring substituents is 1. The maximum atomic E-state index is 10.5. The predicted molar refractivity (Wildman–Crippen MR) is 64.4 cm³/mol. The molecule has 0 aliphatic carbocycles. The van der Waals surface area contributed by atoms with E-state index in [0.717, 1.165) is 24.9 Å². The van der Waals surface area contributed by atoms with Gasteiger partial charge in [-0.3, -0.25) is 15.4 Å². The number of nitro groups is 1. The summed E-state index contributed by atoms with van der Waals surface area (Å²) < 4.78 is 0. The molecule has 1 rings (SSSR count). The Morgan fingerprint density at radius 2 is 2.12 bits per heavy atom. The number of nitrogens with one attached hydrogen (secondary N) is 1. The minimum atomic E-state index is -0.449. The number of benzene rings is 1. The van der Waals surface area contributed by atoms with Gasteiger partial charge in [0.25, 0.3) is 5.69 Å². The van der Waals surface area contributed by atoms with E-state index >= 15 is 0 Å². The smallest absolute Gasteiger partial charge is 0.269 e. The second-order valence-corrected chi connectivity index (χ2v) is 3.72.